The molecule has 0 aromatic carbocycles. The lowest BCUT2D eigenvalue weighted by Crippen LogP contribution is -2.58. The highest BCUT2D eigenvalue weighted by molar-refractivity contribution is 5.76. The summed E-state index contributed by atoms with van der Waals surface area (Å²) < 4.78 is 16.8. The van der Waals surface area contributed by atoms with E-state index in [2.05, 4.69) is 5.32 Å². The second kappa shape index (κ2) is 24.2. The Hall–Kier alpha value is -1.97. The van der Waals surface area contributed by atoms with E-state index in [1.807, 2.05) is 0 Å². The number of ether oxygens (including phenoxy) is 3. The highest BCUT2D eigenvalue weighted by Crippen LogP contribution is 2.13. The van der Waals surface area contributed by atoms with Crippen LogP contribution in [0.1, 0.15) is 83.5 Å². The quantitative estimate of drug-likeness (QED) is 0.139. The van der Waals surface area contributed by atoms with Crippen molar-refractivity contribution in [3.05, 3.63) is 0 Å². The fourth-order valence-electron chi connectivity index (χ4n) is 3.36. The number of unbranched alkanes of at least 4 members (excludes halogenated alkanes) is 8. The molecular formula is C25H43NO8. The van der Waals surface area contributed by atoms with Gasteiger partial charge in [-0.25, -0.2) is 0 Å². The number of rotatable bonds is 27. The summed E-state index contributed by atoms with van der Waals surface area (Å²) >= 11 is 0. The molecule has 196 valence electrons. The molecule has 0 fully saturated rings. The molecule has 0 atom stereocenters. The van der Waals surface area contributed by atoms with Crippen molar-refractivity contribution >= 4 is 31.1 Å². The number of hydrogen-bond acceptors (Lipinski definition) is 8. The van der Waals surface area contributed by atoms with Gasteiger partial charge in [0.25, 0.3) is 0 Å². The lowest BCUT2D eigenvalue weighted by atomic mass is 10.0. The first kappa shape index (κ1) is 32.0. The van der Waals surface area contributed by atoms with Gasteiger partial charge in [0.15, 0.2) is 0 Å². The minimum Gasteiger partial charge on any atom is -0.378 e. The van der Waals surface area contributed by atoms with Crippen molar-refractivity contribution in [3.8, 4) is 0 Å². The fourth-order valence-corrected chi connectivity index (χ4v) is 3.36. The Bertz CT molecular complexity index is 500. The van der Waals surface area contributed by atoms with Gasteiger partial charge in [-0.15, -0.1) is 0 Å². The number of aldehydes is 4. The largest absolute Gasteiger partial charge is 0.378 e. The smallest absolute Gasteiger partial charge is 0.220 e. The number of amides is 1. The van der Waals surface area contributed by atoms with Crippen LogP contribution in [0.3, 0.4) is 0 Å². The van der Waals surface area contributed by atoms with Crippen LogP contribution in [0.25, 0.3) is 0 Å². The van der Waals surface area contributed by atoms with Gasteiger partial charge < -0.3 is 38.7 Å². The van der Waals surface area contributed by atoms with Gasteiger partial charge in [0, 0.05) is 32.1 Å². The molecule has 0 saturated carbocycles. The van der Waals surface area contributed by atoms with Gasteiger partial charge in [0.1, 0.15) is 30.7 Å². The van der Waals surface area contributed by atoms with Crippen molar-refractivity contribution in [1.29, 1.82) is 0 Å². The SMILES string of the molecule is O=CCCCCCCCCCCC(=O)NC(COCCC=O)(COCCC=O)COCCC=O. The van der Waals surface area contributed by atoms with Crippen molar-refractivity contribution < 1.29 is 38.2 Å². The minimum atomic E-state index is -0.979. The molecule has 0 heterocycles. The zero-order valence-electron chi connectivity index (χ0n) is 20.5. The number of hydrogen-bond donors (Lipinski definition) is 1. The highest BCUT2D eigenvalue weighted by atomic mass is 16.5. The van der Waals surface area contributed by atoms with Gasteiger partial charge in [-0.1, -0.05) is 38.5 Å². The van der Waals surface area contributed by atoms with E-state index >= 15 is 0 Å². The molecule has 0 spiro atoms. The van der Waals surface area contributed by atoms with Gasteiger partial charge in [-0.05, 0) is 12.8 Å². The summed E-state index contributed by atoms with van der Waals surface area (Å²) in [4.78, 5) is 54.7. The maximum atomic E-state index is 12.7. The molecule has 0 aromatic rings. The molecule has 0 saturated heterocycles. The molecule has 1 N–H and O–H groups in total. The Labute approximate surface area is 203 Å². The van der Waals surface area contributed by atoms with E-state index in [1.54, 1.807) is 0 Å². The van der Waals surface area contributed by atoms with Gasteiger partial charge in [0.05, 0.1) is 39.6 Å². The zero-order chi connectivity index (χ0) is 25.2. The van der Waals surface area contributed by atoms with Crippen molar-refractivity contribution in [2.45, 2.75) is 89.0 Å². The zero-order valence-corrected chi connectivity index (χ0v) is 20.5. The van der Waals surface area contributed by atoms with Gasteiger partial charge >= 0.3 is 0 Å². The summed E-state index contributed by atoms with van der Waals surface area (Å²) in [6.45, 7) is 0.868. The molecule has 9 nitrogen and oxygen atoms in total. The molecule has 0 radical (unpaired) electrons. The van der Waals surface area contributed by atoms with Gasteiger partial charge in [-0.3, -0.25) is 4.79 Å². The average Bonchev–Trinajstić information content (AvgIpc) is 2.83. The summed E-state index contributed by atoms with van der Waals surface area (Å²) in [6.07, 6.45) is 13.2. The first-order valence-corrected chi connectivity index (χ1v) is 12.4. The molecule has 0 bridgehead atoms. The van der Waals surface area contributed by atoms with E-state index in [-0.39, 0.29) is 64.8 Å². The second-order valence-electron chi connectivity index (χ2n) is 8.39. The molecule has 0 aliphatic rings. The van der Waals surface area contributed by atoms with E-state index in [0.29, 0.717) is 12.8 Å². The Morgan fingerprint density at radius 3 is 1.35 bits per heavy atom. The molecule has 0 aromatic heterocycles. The van der Waals surface area contributed by atoms with Crippen LogP contribution in [0.5, 0.6) is 0 Å². The maximum Gasteiger partial charge on any atom is 0.220 e. The third-order valence-electron chi connectivity index (χ3n) is 5.16. The normalized spacial score (nSPS) is 11.2. The molecule has 9 heteroatoms. The fraction of sp³-hybridized carbons (Fsp3) is 0.800. The van der Waals surface area contributed by atoms with Crippen LogP contribution in [0.4, 0.5) is 0 Å². The average molecular weight is 486 g/mol. The van der Waals surface area contributed by atoms with Crippen LogP contribution >= 0.6 is 0 Å². The van der Waals surface area contributed by atoms with Crippen LogP contribution in [0.15, 0.2) is 0 Å². The molecule has 0 aliphatic heterocycles. The monoisotopic (exact) mass is 485 g/mol. The standard InChI is InChI=1S/C25H43NO8/c27-14-9-7-5-3-1-2-4-6-8-13-24(31)26-25(21-32-18-10-15-28,22-33-19-11-16-29)23-34-20-12-17-30/h14-17H,1-13,18-23H2,(H,26,31). The molecule has 34 heavy (non-hydrogen) atoms. The first-order chi connectivity index (χ1) is 16.6. The van der Waals surface area contributed by atoms with E-state index < -0.39 is 5.54 Å². The van der Waals surface area contributed by atoms with Crippen molar-refractivity contribution in [2.24, 2.45) is 0 Å². The number of nitrogens with one attached hydrogen (secondary N) is 1. The predicted octanol–water partition coefficient (Wildman–Crippen LogP) is 2.76. The summed E-state index contributed by atoms with van der Waals surface area (Å²) in [5, 5.41) is 2.98. The number of carbonyl (C=O) groups is 5. The third kappa shape index (κ3) is 19.5. The van der Waals surface area contributed by atoms with E-state index in [9.17, 15) is 24.0 Å². The van der Waals surface area contributed by atoms with Crippen LogP contribution in [0, 0.1) is 0 Å². The third-order valence-corrected chi connectivity index (χ3v) is 5.16. The first-order valence-electron chi connectivity index (χ1n) is 12.4. The van der Waals surface area contributed by atoms with Crippen LogP contribution in [-0.4, -0.2) is 76.2 Å². The Morgan fingerprint density at radius 1 is 0.559 bits per heavy atom. The Balaban J connectivity index is 4.61. The topological polar surface area (TPSA) is 125 Å². The van der Waals surface area contributed by atoms with E-state index in [1.165, 1.54) is 0 Å². The summed E-state index contributed by atoms with van der Waals surface area (Å²) in [6, 6.07) is 0. The van der Waals surface area contributed by atoms with E-state index in [4.69, 9.17) is 14.2 Å². The van der Waals surface area contributed by atoms with Crippen LogP contribution in [-0.2, 0) is 38.2 Å². The molecule has 0 rings (SSSR count). The Kier molecular flexibility index (Phi) is 22.8. The molecular weight excluding hydrogens is 442 g/mol. The van der Waals surface area contributed by atoms with Gasteiger partial charge in [-0.2, -0.15) is 0 Å². The summed E-state index contributed by atoms with van der Waals surface area (Å²) in [5.41, 5.74) is -0.979. The lowest BCUT2D eigenvalue weighted by Gasteiger charge is -2.34. The van der Waals surface area contributed by atoms with Gasteiger partial charge in [0.2, 0.25) is 5.91 Å². The Morgan fingerprint density at radius 2 is 0.941 bits per heavy atom. The summed E-state index contributed by atoms with van der Waals surface area (Å²) in [7, 11) is 0. The number of carbonyl (C=O) groups excluding carboxylic acids is 5. The van der Waals surface area contributed by atoms with Crippen LogP contribution in [0.2, 0.25) is 0 Å². The van der Waals surface area contributed by atoms with Crippen molar-refractivity contribution in [1.82, 2.24) is 5.32 Å². The van der Waals surface area contributed by atoms with Crippen LogP contribution < -0.4 is 5.32 Å². The van der Waals surface area contributed by atoms with Crippen molar-refractivity contribution in [3.63, 3.8) is 0 Å². The summed E-state index contributed by atoms with van der Waals surface area (Å²) in [5.74, 6) is -0.147. The highest BCUT2D eigenvalue weighted by Gasteiger charge is 2.33. The molecule has 0 unspecified atom stereocenters. The lowest BCUT2D eigenvalue weighted by molar-refractivity contribution is -0.128. The maximum absolute atomic E-state index is 12.7. The molecule has 1 amide bonds. The molecule has 0 aliphatic carbocycles. The van der Waals surface area contributed by atoms with Crippen molar-refractivity contribution in [2.75, 3.05) is 39.6 Å². The van der Waals surface area contributed by atoms with E-state index in [0.717, 1.165) is 76.5 Å². The minimum absolute atomic E-state index is 0.0822. The predicted molar refractivity (Wildman–Crippen MR) is 128 cm³/mol. The second-order valence-corrected chi connectivity index (χ2v) is 8.39.